The van der Waals surface area contributed by atoms with Crippen molar-refractivity contribution in [1.29, 1.82) is 0 Å². The van der Waals surface area contributed by atoms with E-state index >= 15 is 0 Å². The van der Waals surface area contributed by atoms with Gasteiger partial charge in [0.05, 0.1) is 5.56 Å². The monoisotopic (exact) mass is 375 g/mol. The number of carbonyl (C=O) groups excluding carboxylic acids is 1. The van der Waals surface area contributed by atoms with Crippen LogP contribution in [-0.2, 0) is 0 Å². The van der Waals surface area contributed by atoms with E-state index < -0.39 is 0 Å². The summed E-state index contributed by atoms with van der Waals surface area (Å²) in [6, 6.07) is 16.8. The fraction of sp³-hybridized carbons (Fsp3) is 0.391. The molecule has 0 aliphatic carbocycles. The summed E-state index contributed by atoms with van der Waals surface area (Å²) in [6.07, 6.45) is 5.83. The van der Waals surface area contributed by atoms with Crippen molar-refractivity contribution < 1.29 is 9.21 Å². The number of amides is 1. The van der Waals surface area contributed by atoms with E-state index in [2.05, 4.69) is 22.2 Å². The molecule has 5 heteroatoms. The first kappa shape index (κ1) is 17.4. The highest BCUT2D eigenvalue weighted by Gasteiger charge is 2.36. The second kappa shape index (κ2) is 7.06. The van der Waals surface area contributed by atoms with Gasteiger partial charge in [0, 0.05) is 23.7 Å². The van der Waals surface area contributed by atoms with Crippen LogP contribution in [0.2, 0.25) is 0 Å². The van der Waals surface area contributed by atoms with Gasteiger partial charge < -0.3 is 14.6 Å². The molecule has 2 bridgehead atoms. The second-order valence-corrected chi connectivity index (χ2v) is 8.08. The Hall–Kier alpha value is -2.66. The molecule has 1 aromatic heterocycles. The van der Waals surface area contributed by atoms with Crippen molar-refractivity contribution in [1.82, 2.24) is 15.2 Å². The van der Waals surface area contributed by atoms with Crippen LogP contribution in [0.1, 0.15) is 42.5 Å². The molecule has 2 atom stereocenters. The van der Waals surface area contributed by atoms with Crippen molar-refractivity contribution in [3.8, 4) is 11.5 Å². The molecule has 2 aliphatic rings. The maximum Gasteiger partial charge on any atom is 0.255 e. The van der Waals surface area contributed by atoms with Crippen molar-refractivity contribution in [3.63, 3.8) is 0 Å². The van der Waals surface area contributed by atoms with Crippen molar-refractivity contribution in [2.45, 2.75) is 50.2 Å². The number of nitrogens with zero attached hydrogens (tertiary/aromatic N) is 2. The summed E-state index contributed by atoms with van der Waals surface area (Å²) in [4.78, 5) is 20.1. The quantitative estimate of drug-likeness (QED) is 0.744. The van der Waals surface area contributed by atoms with Gasteiger partial charge in [0.1, 0.15) is 5.52 Å². The molecule has 3 heterocycles. The van der Waals surface area contributed by atoms with Crippen LogP contribution in [0.15, 0.2) is 52.9 Å². The van der Waals surface area contributed by atoms with E-state index in [9.17, 15) is 4.79 Å². The van der Waals surface area contributed by atoms with Gasteiger partial charge in [-0.25, -0.2) is 4.98 Å². The lowest BCUT2D eigenvalue weighted by molar-refractivity contribution is 0.0463. The van der Waals surface area contributed by atoms with Crippen LogP contribution in [0.5, 0.6) is 0 Å². The average Bonchev–Trinajstić information content (AvgIpc) is 3.14. The molecule has 2 aromatic carbocycles. The maximum atomic E-state index is 13.1. The molecule has 5 nitrogen and oxygen atoms in total. The molecule has 5 rings (SSSR count). The lowest BCUT2D eigenvalue weighted by Gasteiger charge is -2.47. The topological polar surface area (TPSA) is 58.4 Å². The van der Waals surface area contributed by atoms with Crippen molar-refractivity contribution in [2.24, 2.45) is 0 Å². The lowest BCUT2D eigenvalue weighted by atomic mass is 9.82. The van der Waals surface area contributed by atoms with Crippen molar-refractivity contribution in [3.05, 3.63) is 54.1 Å². The van der Waals surface area contributed by atoms with Gasteiger partial charge in [0.15, 0.2) is 5.58 Å². The number of piperidine rings is 2. The van der Waals surface area contributed by atoms with Gasteiger partial charge in [-0.3, -0.25) is 4.79 Å². The van der Waals surface area contributed by atoms with Crippen LogP contribution in [-0.4, -0.2) is 41.0 Å². The predicted octanol–water partition coefficient (Wildman–Crippen LogP) is 4.24. The molecule has 0 spiro atoms. The van der Waals surface area contributed by atoms with Gasteiger partial charge in [-0.2, -0.15) is 0 Å². The highest BCUT2D eigenvalue weighted by atomic mass is 16.3. The molecule has 2 aliphatic heterocycles. The van der Waals surface area contributed by atoms with E-state index in [-0.39, 0.29) is 11.9 Å². The molecule has 2 saturated heterocycles. The van der Waals surface area contributed by atoms with Gasteiger partial charge in [-0.05, 0) is 57.0 Å². The second-order valence-electron chi connectivity index (χ2n) is 8.08. The minimum atomic E-state index is -0.0611. The van der Waals surface area contributed by atoms with Crippen LogP contribution >= 0.6 is 0 Å². The summed E-state index contributed by atoms with van der Waals surface area (Å²) in [5.74, 6) is 0.485. The zero-order chi connectivity index (χ0) is 19.1. The molecule has 0 saturated carbocycles. The van der Waals surface area contributed by atoms with Crippen LogP contribution < -0.4 is 5.32 Å². The minimum Gasteiger partial charge on any atom is -0.435 e. The van der Waals surface area contributed by atoms with Crippen LogP contribution in [0.25, 0.3) is 22.6 Å². The summed E-state index contributed by atoms with van der Waals surface area (Å²) >= 11 is 0. The van der Waals surface area contributed by atoms with Gasteiger partial charge in [-0.15, -0.1) is 0 Å². The highest BCUT2D eigenvalue weighted by molar-refractivity contribution is 6.04. The number of fused-ring (bicyclic) bond motifs is 3. The SMILES string of the molecule is CN1[C@@H]2CCC[C@@H]1CC(NC(=O)c1cccc3nc(-c4ccccc4)oc13)C2. The summed E-state index contributed by atoms with van der Waals surface area (Å²) in [5, 5.41) is 3.27. The molecule has 144 valence electrons. The third-order valence-corrected chi connectivity index (χ3v) is 6.36. The number of aromatic nitrogens is 1. The molecule has 3 aromatic rings. The van der Waals surface area contributed by atoms with E-state index in [0.29, 0.717) is 34.6 Å². The number of oxazole rings is 1. The lowest BCUT2D eigenvalue weighted by Crippen LogP contribution is -2.55. The Morgan fingerprint density at radius 2 is 1.82 bits per heavy atom. The molecular formula is C23H25N3O2. The third-order valence-electron chi connectivity index (χ3n) is 6.36. The zero-order valence-corrected chi connectivity index (χ0v) is 16.1. The number of carbonyl (C=O) groups is 1. The molecule has 1 amide bonds. The van der Waals surface area contributed by atoms with Crippen LogP contribution in [0.4, 0.5) is 0 Å². The number of hydrogen-bond donors (Lipinski definition) is 1. The first-order valence-corrected chi connectivity index (χ1v) is 10.2. The Labute approximate surface area is 164 Å². The van der Waals surface area contributed by atoms with Crippen LogP contribution in [0, 0.1) is 0 Å². The fourth-order valence-electron chi connectivity index (χ4n) is 4.83. The minimum absolute atomic E-state index is 0.0611. The van der Waals surface area contributed by atoms with Gasteiger partial charge in [0.2, 0.25) is 5.89 Å². The summed E-state index contributed by atoms with van der Waals surface area (Å²) in [6.45, 7) is 0. The average molecular weight is 375 g/mol. The predicted molar refractivity (Wildman–Crippen MR) is 109 cm³/mol. The number of para-hydroxylation sites is 1. The Balaban J connectivity index is 1.40. The molecule has 28 heavy (non-hydrogen) atoms. The summed E-state index contributed by atoms with van der Waals surface area (Å²) in [7, 11) is 2.23. The Bertz CT molecular complexity index is 984. The third kappa shape index (κ3) is 3.10. The number of rotatable bonds is 3. The first-order chi connectivity index (χ1) is 13.7. The number of nitrogens with one attached hydrogen (secondary N) is 1. The van der Waals surface area contributed by atoms with Gasteiger partial charge >= 0.3 is 0 Å². The Morgan fingerprint density at radius 1 is 1.07 bits per heavy atom. The molecule has 1 N–H and O–H groups in total. The van der Waals surface area contributed by atoms with Crippen molar-refractivity contribution in [2.75, 3.05) is 7.05 Å². The van der Waals surface area contributed by atoms with Crippen molar-refractivity contribution >= 4 is 17.0 Å². The first-order valence-electron chi connectivity index (χ1n) is 10.2. The molecule has 2 fully saturated rings. The van der Waals surface area contributed by atoms with Gasteiger partial charge in [0.25, 0.3) is 5.91 Å². The van der Waals surface area contributed by atoms with E-state index in [1.54, 1.807) is 0 Å². The zero-order valence-electron chi connectivity index (χ0n) is 16.1. The molecule has 0 radical (unpaired) electrons. The smallest absolute Gasteiger partial charge is 0.255 e. The van der Waals surface area contributed by atoms with Crippen LogP contribution in [0.3, 0.4) is 0 Å². The summed E-state index contributed by atoms with van der Waals surface area (Å²) < 4.78 is 6.01. The normalized spacial score (nSPS) is 25.0. The van der Waals surface area contributed by atoms with E-state index in [0.717, 1.165) is 18.4 Å². The molecule has 0 unspecified atom stereocenters. The maximum absolute atomic E-state index is 13.1. The summed E-state index contributed by atoms with van der Waals surface area (Å²) in [5.41, 5.74) is 2.75. The number of hydrogen-bond acceptors (Lipinski definition) is 4. The Kier molecular flexibility index (Phi) is 4.40. The largest absolute Gasteiger partial charge is 0.435 e. The number of benzene rings is 2. The standard InChI is InChI=1S/C23H25N3O2/c1-26-17-9-5-10-18(26)14-16(13-17)24-22(27)19-11-6-12-20-21(19)28-23(25-20)15-7-3-2-4-8-15/h2-4,6-8,11-12,16-18H,5,9-10,13-14H2,1H3,(H,24,27)/t17-,18-/m1/s1. The Morgan fingerprint density at radius 3 is 2.57 bits per heavy atom. The fourth-order valence-corrected chi connectivity index (χ4v) is 4.83. The van der Waals surface area contributed by atoms with Gasteiger partial charge in [-0.1, -0.05) is 30.7 Å². The molecular weight excluding hydrogens is 350 g/mol. The van der Waals surface area contributed by atoms with E-state index in [4.69, 9.17) is 4.42 Å². The highest BCUT2D eigenvalue weighted by Crippen LogP contribution is 2.33. The van der Waals surface area contributed by atoms with E-state index in [1.807, 2.05) is 48.5 Å². The van der Waals surface area contributed by atoms with E-state index in [1.165, 1.54) is 19.3 Å².